The van der Waals surface area contributed by atoms with E-state index in [0.717, 1.165) is 43.7 Å². The highest BCUT2D eigenvalue weighted by Gasteiger charge is 2.57. The molecule has 2 bridgehead atoms. The summed E-state index contributed by atoms with van der Waals surface area (Å²) in [5, 5.41) is 26.1. The lowest BCUT2D eigenvalue weighted by Gasteiger charge is -2.62. The lowest BCUT2D eigenvalue weighted by Crippen LogP contribution is -2.62. The second-order valence-corrected chi connectivity index (χ2v) is 14.4. The SMILES string of the molecule is CC1[C@@H](NC(=O)[C@@H]2[C@H]([C@H](C)O)[C@H](CO)ON2Cc2cccc(N(CCc3ccccc3)CCN(C)C)c2)C[C@H]2C[C@@H]1C2(C)C. The van der Waals surface area contributed by atoms with Gasteiger partial charge in [-0.15, -0.1) is 0 Å². The maximum atomic E-state index is 14.0. The molecule has 1 unspecified atom stereocenters. The van der Waals surface area contributed by atoms with Gasteiger partial charge in [0.15, 0.2) is 0 Å². The number of rotatable bonds is 13. The van der Waals surface area contributed by atoms with Gasteiger partial charge < -0.3 is 25.3 Å². The summed E-state index contributed by atoms with van der Waals surface area (Å²) in [5.74, 6) is 0.988. The first-order chi connectivity index (χ1) is 21.0. The molecule has 1 saturated heterocycles. The number of aliphatic hydroxyl groups excluding tert-OH is 2. The molecule has 8 heteroatoms. The zero-order valence-corrected chi connectivity index (χ0v) is 27.5. The molecule has 6 rings (SSSR count). The van der Waals surface area contributed by atoms with Crippen LogP contribution in [-0.4, -0.2) is 90.7 Å². The largest absolute Gasteiger partial charge is 0.394 e. The van der Waals surface area contributed by atoms with Crippen LogP contribution in [-0.2, 0) is 22.6 Å². The summed E-state index contributed by atoms with van der Waals surface area (Å²) in [6, 6.07) is 18.4. The Bertz CT molecular complexity index is 1240. The highest BCUT2D eigenvalue weighted by molar-refractivity contribution is 5.82. The standard InChI is InChI=1S/C36H54N4O4/c1-24-30-20-28(36(30,3)4)21-31(24)37-35(43)34-33(25(2)42)32(23-41)44-40(34)22-27-13-10-14-29(19-27)39(18-17-38(5)6)16-15-26-11-8-7-9-12-26/h7-14,19,24-25,28,30-34,41-42H,15-18,20-23H2,1-6H3,(H,37,43)/t24?,25-,28+,30-,31-,32-,33+,34-/m0/s1. The molecule has 3 N–H and O–H groups in total. The predicted octanol–water partition coefficient (Wildman–Crippen LogP) is 3.96. The fraction of sp³-hybridized carbons (Fsp3) is 0.639. The molecule has 2 aromatic carbocycles. The molecule has 1 heterocycles. The minimum absolute atomic E-state index is 0.113. The Hall–Kier alpha value is -2.49. The van der Waals surface area contributed by atoms with Gasteiger partial charge >= 0.3 is 0 Å². The number of anilines is 1. The van der Waals surface area contributed by atoms with E-state index in [9.17, 15) is 15.0 Å². The molecule has 2 aromatic rings. The fourth-order valence-electron chi connectivity index (χ4n) is 8.12. The maximum Gasteiger partial charge on any atom is 0.240 e. The zero-order valence-electron chi connectivity index (χ0n) is 27.5. The van der Waals surface area contributed by atoms with E-state index >= 15 is 0 Å². The van der Waals surface area contributed by atoms with Crippen molar-refractivity contribution in [3.63, 3.8) is 0 Å². The first-order valence-corrected chi connectivity index (χ1v) is 16.5. The molecular formula is C36H54N4O4. The first-order valence-electron chi connectivity index (χ1n) is 16.5. The normalized spacial score (nSPS) is 30.2. The first kappa shape index (κ1) is 32.9. The molecule has 0 aromatic heterocycles. The van der Waals surface area contributed by atoms with Crippen molar-refractivity contribution in [1.29, 1.82) is 0 Å². The summed E-state index contributed by atoms with van der Waals surface area (Å²) in [5.41, 5.74) is 3.79. The average Bonchev–Trinajstić information content (AvgIpc) is 3.37. The van der Waals surface area contributed by atoms with E-state index in [1.165, 1.54) is 12.0 Å². The third-order valence-corrected chi connectivity index (χ3v) is 11.0. The van der Waals surface area contributed by atoms with Crippen LogP contribution in [0.3, 0.4) is 0 Å². The van der Waals surface area contributed by atoms with Gasteiger partial charge in [0.25, 0.3) is 0 Å². The second-order valence-electron chi connectivity index (χ2n) is 14.4. The van der Waals surface area contributed by atoms with Gasteiger partial charge in [0, 0.05) is 37.3 Å². The average molecular weight is 607 g/mol. The highest BCUT2D eigenvalue weighted by atomic mass is 16.7. The number of benzene rings is 2. The third-order valence-electron chi connectivity index (χ3n) is 11.0. The molecule has 8 atom stereocenters. The number of hydrogen-bond donors (Lipinski definition) is 3. The van der Waals surface area contributed by atoms with Crippen LogP contribution < -0.4 is 10.2 Å². The van der Waals surface area contributed by atoms with Crippen LogP contribution in [0.5, 0.6) is 0 Å². The number of carbonyl (C=O) groups is 1. The minimum atomic E-state index is -0.810. The summed E-state index contributed by atoms with van der Waals surface area (Å²) < 4.78 is 0. The van der Waals surface area contributed by atoms with Crippen LogP contribution in [0.2, 0.25) is 0 Å². The topological polar surface area (TPSA) is 88.5 Å². The highest BCUT2D eigenvalue weighted by Crippen LogP contribution is 2.61. The van der Waals surface area contributed by atoms with Crippen LogP contribution in [0.1, 0.15) is 51.7 Å². The van der Waals surface area contributed by atoms with E-state index in [1.807, 2.05) is 6.07 Å². The molecule has 1 amide bonds. The van der Waals surface area contributed by atoms with E-state index in [0.29, 0.717) is 29.7 Å². The van der Waals surface area contributed by atoms with Crippen molar-refractivity contribution in [2.24, 2.45) is 29.1 Å². The molecule has 242 valence electrons. The van der Waals surface area contributed by atoms with Crippen molar-refractivity contribution in [1.82, 2.24) is 15.3 Å². The second kappa shape index (κ2) is 13.9. The predicted molar refractivity (Wildman–Crippen MR) is 175 cm³/mol. The Labute approximate surface area is 264 Å². The number of nitrogens with zero attached hydrogens (tertiary/aromatic N) is 3. The van der Waals surface area contributed by atoms with Crippen LogP contribution in [0.4, 0.5) is 5.69 Å². The van der Waals surface area contributed by atoms with Crippen LogP contribution in [0.15, 0.2) is 54.6 Å². The van der Waals surface area contributed by atoms with Gasteiger partial charge in [0.2, 0.25) is 5.91 Å². The van der Waals surface area contributed by atoms with E-state index in [2.05, 4.69) is 98.5 Å². The Morgan fingerprint density at radius 3 is 2.43 bits per heavy atom. The molecule has 0 radical (unpaired) electrons. The fourth-order valence-corrected chi connectivity index (χ4v) is 8.12. The molecule has 0 spiro atoms. The number of amides is 1. The number of likely N-dealkylation sites (N-methyl/N-ethyl adjacent to an activating group) is 1. The zero-order chi connectivity index (χ0) is 31.6. The Morgan fingerprint density at radius 1 is 1.07 bits per heavy atom. The van der Waals surface area contributed by atoms with E-state index in [1.54, 1.807) is 12.0 Å². The Morgan fingerprint density at radius 2 is 1.80 bits per heavy atom. The van der Waals surface area contributed by atoms with Crippen LogP contribution >= 0.6 is 0 Å². The molecule has 3 aliphatic carbocycles. The number of hydrogen-bond acceptors (Lipinski definition) is 7. The van der Waals surface area contributed by atoms with Crippen LogP contribution in [0.25, 0.3) is 0 Å². The van der Waals surface area contributed by atoms with Gasteiger partial charge in [-0.05, 0) is 86.7 Å². The van der Waals surface area contributed by atoms with Gasteiger partial charge in [0.05, 0.1) is 19.3 Å². The smallest absolute Gasteiger partial charge is 0.240 e. The lowest BCUT2D eigenvalue weighted by molar-refractivity contribution is -0.183. The number of aliphatic hydroxyl groups is 2. The summed E-state index contributed by atoms with van der Waals surface area (Å²) in [4.78, 5) is 24.9. The minimum Gasteiger partial charge on any atom is -0.394 e. The monoisotopic (exact) mass is 606 g/mol. The Balaban J connectivity index is 1.33. The van der Waals surface area contributed by atoms with Crippen LogP contribution in [0, 0.1) is 29.1 Å². The number of nitrogens with one attached hydrogen (secondary N) is 1. The molecule has 3 saturated carbocycles. The van der Waals surface area contributed by atoms with Crippen molar-refractivity contribution < 1.29 is 19.8 Å². The number of carbonyl (C=O) groups excluding carboxylic acids is 1. The van der Waals surface area contributed by atoms with Gasteiger partial charge in [0.1, 0.15) is 12.1 Å². The van der Waals surface area contributed by atoms with Crippen molar-refractivity contribution in [2.45, 2.75) is 77.8 Å². The third kappa shape index (κ3) is 7.00. The van der Waals surface area contributed by atoms with Crippen molar-refractivity contribution in [3.8, 4) is 0 Å². The number of fused-ring (bicyclic) bond motifs is 2. The maximum absolute atomic E-state index is 14.0. The van der Waals surface area contributed by atoms with E-state index in [-0.39, 0.29) is 18.6 Å². The van der Waals surface area contributed by atoms with E-state index < -0.39 is 24.2 Å². The molecule has 44 heavy (non-hydrogen) atoms. The van der Waals surface area contributed by atoms with E-state index in [4.69, 9.17) is 4.84 Å². The summed E-state index contributed by atoms with van der Waals surface area (Å²) >= 11 is 0. The summed E-state index contributed by atoms with van der Waals surface area (Å²) in [6.45, 7) is 11.5. The molecule has 8 nitrogen and oxygen atoms in total. The van der Waals surface area contributed by atoms with Gasteiger partial charge in [-0.1, -0.05) is 63.2 Å². The number of hydroxylamine groups is 2. The quantitative estimate of drug-likeness (QED) is 0.318. The van der Waals surface area contributed by atoms with Crippen molar-refractivity contribution in [2.75, 3.05) is 45.2 Å². The molecule has 4 aliphatic rings. The Kier molecular flexibility index (Phi) is 10.4. The lowest BCUT2D eigenvalue weighted by atomic mass is 9.45. The molecule has 1 aliphatic heterocycles. The summed E-state index contributed by atoms with van der Waals surface area (Å²) in [7, 11) is 4.19. The molecular weight excluding hydrogens is 552 g/mol. The van der Waals surface area contributed by atoms with Crippen molar-refractivity contribution in [3.05, 3.63) is 65.7 Å². The van der Waals surface area contributed by atoms with Gasteiger partial charge in [-0.3, -0.25) is 9.63 Å². The van der Waals surface area contributed by atoms with Gasteiger partial charge in [-0.25, -0.2) is 0 Å². The van der Waals surface area contributed by atoms with Gasteiger partial charge in [-0.2, -0.15) is 5.06 Å². The summed E-state index contributed by atoms with van der Waals surface area (Å²) in [6.07, 6.45) is 1.72. The van der Waals surface area contributed by atoms with Crippen molar-refractivity contribution >= 4 is 11.6 Å². The molecule has 4 fully saturated rings.